The first-order valence-corrected chi connectivity index (χ1v) is 9.75. The lowest BCUT2D eigenvalue weighted by molar-refractivity contribution is 0.0411. The molecule has 2 atom stereocenters. The molecule has 0 amide bonds. The summed E-state index contributed by atoms with van der Waals surface area (Å²) in [6, 6.07) is 4.45. The van der Waals surface area contributed by atoms with E-state index in [9.17, 15) is 0 Å². The summed E-state index contributed by atoms with van der Waals surface area (Å²) in [5.74, 6) is 1.92. The first-order valence-electron chi connectivity index (χ1n) is 7.83. The number of benzene rings is 1. The van der Waals surface area contributed by atoms with Gasteiger partial charge in [-0.2, -0.15) is 0 Å². The largest absolute Gasteiger partial charge is 0.493 e. The molecule has 0 aromatic heterocycles. The van der Waals surface area contributed by atoms with Crippen LogP contribution < -0.4 is 4.74 Å². The second-order valence-corrected chi connectivity index (χ2v) is 8.18. The highest BCUT2D eigenvalue weighted by molar-refractivity contribution is 9.10. The summed E-state index contributed by atoms with van der Waals surface area (Å²) in [5.41, 5.74) is 2.94. The minimum atomic E-state index is 0.238. The Hall–Kier alpha value is -0.0600. The van der Waals surface area contributed by atoms with Gasteiger partial charge in [0, 0.05) is 28.2 Å². The topological polar surface area (TPSA) is 18.5 Å². The van der Waals surface area contributed by atoms with E-state index in [-0.39, 0.29) is 5.41 Å². The maximum absolute atomic E-state index is 6.12. The maximum Gasteiger partial charge on any atom is 0.125 e. The van der Waals surface area contributed by atoms with Crippen molar-refractivity contribution in [1.29, 1.82) is 0 Å². The van der Waals surface area contributed by atoms with Crippen LogP contribution in [0.3, 0.4) is 0 Å². The van der Waals surface area contributed by atoms with Crippen LogP contribution in [0.4, 0.5) is 0 Å². The van der Waals surface area contributed by atoms with Gasteiger partial charge in [-0.1, -0.05) is 31.9 Å². The molecule has 2 fully saturated rings. The van der Waals surface area contributed by atoms with E-state index in [0.29, 0.717) is 6.10 Å². The van der Waals surface area contributed by atoms with Crippen molar-refractivity contribution in [2.24, 2.45) is 11.3 Å². The molecule has 1 aromatic rings. The lowest BCUT2D eigenvalue weighted by atomic mass is 9.75. The third-order valence-corrected chi connectivity index (χ3v) is 6.76. The molecule has 1 saturated carbocycles. The van der Waals surface area contributed by atoms with Gasteiger partial charge < -0.3 is 9.47 Å². The van der Waals surface area contributed by atoms with Crippen molar-refractivity contribution < 1.29 is 9.47 Å². The summed E-state index contributed by atoms with van der Waals surface area (Å²) in [5, 5.41) is 1.02. The Morgan fingerprint density at radius 1 is 1.24 bits per heavy atom. The lowest BCUT2D eigenvalue weighted by Gasteiger charge is -2.33. The number of hydrogen-bond acceptors (Lipinski definition) is 2. The molecule has 0 radical (unpaired) electrons. The van der Waals surface area contributed by atoms with Gasteiger partial charge in [-0.25, -0.2) is 0 Å². The number of fused-ring (bicyclic) bond motifs is 1. The molecular formula is C17H20Br2O2. The lowest BCUT2D eigenvalue weighted by Crippen LogP contribution is -2.36. The minimum absolute atomic E-state index is 0.238. The van der Waals surface area contributed by atoms with E-state index in [0.717, 1.165) is 49.5 Å². The van der Waals surface area contributed by atoms with E-state index in [4.69, 9.17) is 9.47 Å². The van der Waals surface area contributed by atoms with Crippen molar-refractivity contribution in [3.8, 4) is 5.75 Å². The van der Waals surface area contributed by atoms with Crippen LogP contribution in [0.25, 0.3) is 0 Å². The second kappa shape index (κ2) is 5.54. The first-order chi connectivity index (χ1) is 10.2. The van der Waals surface area contributed by atoms with Gasteiger partial charge in [0.2, 0.25) is 0 Å². The third-order valence-electron chi connectivity index (χ3n) is 5.19. The zero-order valence-electron chi connectivity index (χ0n) is 12.0. The molecule has 4 heteroatoms. The molecule has 3 aliphatic rings. The van der Waals surface area contributed by atoms with Crippen LogP contribution in [-0.2, 0) is 17.6 Å². The molecule has 2 aliphatic heterocycles. The average molecular weight is 416 g/mol. The maximum atomic E-state index is 6.12. The van der Waals surface area contributed by atoms with Gasteiger partial charge in [0.15, 0.2) is 0 Å². The zero-order chi connectivity index (χ0) is 14.4. The Morgan fingerprint density at radius 3 is 2.86 bits per heavy atom. The monoisotopic (exact) mass is 414 g/mol. The highest BCUT2D eigenvalue weighted by Crippen LogP contribution is 2.51. The fraction of sp³-hybridized carbons (Fsp3) is 0.647. The standard InChI is InChI=1S/C17H20Br2O2/c18-10-17(4-6-21-16(17)11-1-2-11)9-13-8-14(19)7-12-3-5-20-15(12)13/h7-8,11,16H,1-6,9-10H2. The van der Waals surface area contributed by atoms with Crippen LogP contribution in [0.1, 0.15) is 30.4 Å². The van der Waals surface area contributed by atoms with Gasteiger partial charge in [-0.15, -0.1) is 0 Å². The molecule has 1 aliphatic carbocycles. The summed E-state index contributed by atoms with van der Waals surface area (Å²) in [6.45, 7) is 1.73. The molecule has 4 rings (SSSR count). The summed E-state index contributed by atoms with van der Waals surface area (Å²) in [6.07, 6.45) is 6.35. The molecule has 114 valence electrons. The van der Waals surface area contributed by atoms with Crippen molar-refractivity contribution in [1.82, 2.24) is 0 Å². The summed E-state index contributed by atoms with van der Waals surface area (Å²) in [7, 11) is 0. The zero-order valence-corrected chi connectivity index (χ0v) is 15.2. The Labute approximate surface area is 142 Å². The van der Waals surface area contributed by atoms with E-state index in [1.54, 1.807) is 0 Å². The SMILES string of the molecule is BrCC1(Cc2cc(Br)cc3c2OCC3)CCOC1C1CC1. The highest BCUT2D eigenvalue weighted by atomic mass is 79.9. The molecule has 1 aromatic carbocycles. The van der Waals surface area contributed by atoms with Crippen molar-refractivity contribution in [2.45, 2.75) is 38.2 Å². The quantitative estimate of drug-likeness (QED) is 0.673. The Kier molecular flexibility index (Phi) is 3.83. The van der Waals surface area contributed by atoms with Crippen molar-refractivity contribution in [3.05, 3.63) is 27.7 Å². The Balaban J connectivity index is 1.68. The summed E-state index contributed by atoms with van der Waals surface area (Å²) >= 11 is 7.46. The molecule has 21 heavy (non-hydrogen) atoms. The molecule has 0 N–H and O–H groups in total. The number of halogens is 2. The van der Waals surface area contributed by atoms with E-state index < -0.39 is 0 Å². The van der Waals surface area contributed by atoms with Gasteiger partial charge in [-0.05, 0) is 54.9 Å². The number of hydrogen-bond donors (Lipinski definition) is 0. The molecular weight excluding hydrogens is 396 g/mol. The predicted octanol–water partition coefficient (Wildman–Crippen LogP) is 4.51. The average Bonchev–Trinajstić information content (AvgIpc) is 3.05. The van der Waals surface area contributed by atoms with Crippen LogP contribution in [0, 0.1) is 11.3 Å². The second-order valence-electron chi connectivity index (χ2n) is 6.70. The smallest absolute Gasteiger partial charge is 0.125 e. The number of alkyl halides is 1. The van der Waals surface area contributed by atoms with E-state index in [1.807, 2.05) is 0 Å². The molecule has 2 heterocycles. The van der Waals surface area contributed by atoms with Gasteiger partial charge in [0.1, 0.15) is 5.75 Å². The molecule has 0 bridgehead atoms. The third kappa shape index (κ3) is 2.57. The minimum Gasteiger partial charge on any atom is -0.493 e. The Bertz CT molecular complexity index is 556. The summed E-state index contributed by atoms with van der Waals surface area (Å²) in [4.78, 5) is 0. The van der Waals surface area contributed by atoms with Crippen LogP contribution in [0.2, 0.25) is 0 Å². The van der Waals surface area contributed by atoms with E-state index >= 15 is 0 Å². The highest BCUT2D eigenvalue weighted by Gasteiger charge is 2.50. The fourth-order valence-electron chi connectivity index (χ4n) is 3.98. The van der Waals surface area contributed by atoms with Crippen molar-refractivity contribution in [2.75, 3.05) is 18.5 Å². The van der Waals surface area contributed by atoms with Crippen molar-refractivity contribution >= 4 is 31.9 Å². The molecule has 1 saturated heterocycles. The molecule has 2 nitrogen and oxygen atoms in total. The fourth-order valence-corrected chi connectivity index (χ4v) is 5.33. The molecule has 0 spiro atoms. The predicted molar refractivity (Wildman–Crippen MR) is 90.4 cm³/mol. The van der Waals surface area contributed by atoms with Gasteiger partial charge >= 0.3 is 0 Å². The van der Waals surface area contributed by atoms with Crippen LogP contribution in [0.5, 0.6) is 5.75 Å². The van der Waals surface area contributed by atoms with E-state index in [1.165, 1.54) is 28.4 Å². The Morgan fingerprint density at radius 2 is 2.10 bits per heavy atom. The van der Waals surface area contributed by atoms with Gasteiger partial charge in [0.25, 0.3) is 0 Å². The van der Waals surface area contributed by atoms with E-state index in [2.05, 4.69) is 44.0 Å². The number of rotatable bonds is 4. The molecule has 2 unspecified atom stereocenters. The normalized spacial score (nSPS) is 31.2. The van der Waals surface area contributed by atoms with Crippen LogP contribution in [-0.4, -0.2) is 24.6 Å². The van der Waals surface area contributed by atoms with Gasteiger partial charge in [0.05, 0.1) is 12.7 Å². The van der Waals surface area contributed by atoms with Crippen molar-refractivity contribution in [3.63, 3.8) is 0 Å². The number of ether oxygens (including phenoxy) is 2. The summed E-state index contributed by atoms with van der Waals surface area (Å²) < 4.78 is 13.2. The first kappa shape index (κ1) is 14.5. The van der Waals surface area contributed by atoms with Crippen LogP contribution >= 0.6 is 31.9 Å². The van der Waals surface area contributed by atoms with Gasteiger partial charge in [-0.3, -0.25) is 0 Å². The van der Waals surface area contributed by atoms with Crippen LogP contribution in [0.15, 0.2) is 16.6 Å².